The average molecular weight is 424 g/mol. The molecule has 6 nitrogen and oxygen atoms in total. The first-order valence-corrected chi connectivity index (χ1v) is 9.72. The Morgan fingerprint density at radius 1 is 0.867 bits per heavy atom. The fraction of sp³-hybridized carbons (Fsp3) is 0.130. The fourth-order valence-electron chi connectivity index (χ4n) is 2.66. The highest BCUT2D eigenvalue weighted by Gasteiger charge is 2.07. The van der Waals surface area contributed by atoms with Gasteiger partial charge in [-0.3, -0.25) is 9.59 Å². The summed E-state index contributed by atoms with van der Waals surface area (Å²) >= 11 is 5.85. The van der Waals surface area contributed by atoms with Crippen molar-refractivity contribution in [3.8, 4) is 5.75 Å². The molecule has 0 atom stereocenters. The average Bonchev–Trinajstić information content (AvgIpc) is 2.78. The number of ether oxygens (including phenoxy) is 1. The normalized spacial score (nSPS) is 10.2. The van der Waals surface area contributed by atoms with Gasteiger partial charge in [-0.25, -0.2) is 0 Å². The van der Waals surface area contributed by atoms with E-state index >= 15 is 0 Å². The van der Waals surface area contributed by atoms with Gasteiger partial charge in [0, 0.05) is 28.5 Å². The van der Waals surface area contributed by atoms with Gasteiger partial charge < -0.3 is 20.7 Å². The van der Waals surface area contributed by atoms with Crippen LogP contribution in [0.15, 0.2) is 72.8 Å². The fourth-order valence-corrected chi connectivity index (χ4v) is 2.79. The van der Waals surface area contributed by atoms with Crippen LogP contribution in [0.2, 0.25) is 5.02 Å². The molecule has 0 aliphatic rings. The van der Waals surface area contributed by atoms with E-state index in [0.717, 1.165) is 17.0 Å². The first kappa shape index (κ1) is 21.2. The molecule has 0 unspecified atom stereocenters. The molecule has 0 fully saturated rings. The molecular weight excluding hydrogens is 402 g/mol. The van der Waals surface area contributed by atoms with E-state index < -0.39 is 0 Å². The Morgan fingerprint density at radius 2 is 1.50 bits per heavy atom. The Hall–Kier alpha value is -3.51. The molecule has 0 radical (unpaired) electrons. The maximum Gasteiger partial charge on any atom is 0.255 e. The molecule has 3 N–H and O–H groups in total. The van der Waals surface area contributed by atoms with E-state index in [4.69, 9.17) is 16.3 Å². The lowest BCUT2D eigenvalue weighted by Gasteiger charge is -2.09. The second kappa shape index (κ2) is 10.3. The maximum absolute atomic E-state index is 12.4. The van der Waals surface area contributed by atoms with Crippen LogP contribution >= 0.6 is 11.6 Å². The lowest BCUT2D eigenvalue weighted by molar-refractivity contribution is -0.119. The molecule has 3 rings (SSSR count). The van der Waals surface area contributed by atoms with Crippen molar-refractivity contribution >= 4 is 34.8 Å². The summed E-state index contributed by atoms with van der Waals surface area (Å²) in [5, 5.41) is 9.36. The quantitative estimate of drug-likeness (QED) is 0.504. The van der Waals surface area contributed by atoms with Gasteiger partial charge in [-0.05, 0) is 66.2 Å². The van der Waals surface area contributed by atoms with E-state index in [9.17, 15) is 9.59 Å². The predicted molar refractivity (Wildman–Crippen MR) is 119 cm³/mol. The third-order valence-corrected chi connectivity index (χ3v) is 4.60. The summed E-state index contributed by atoms with van der Waals surface area (Å²) in [5.41, 5.74) is 2.92. The molecule has 2 amide bonds. The second-order valence-corrected chi connectivity index (χ2v) is 6.95. The van der Waals surface area contributed by atoms with E-state index in [-0.39, 0.29) is 18.4 Å². The number of carbonyl (C=O) groups excluding carboxylic acids is 2. The van der Waals surface area contributed by atoms with Crippen molar-refractivity contribution in [2.45, 2.75) is 6.54 Å². The number of benzene rings is 3. The second-order valence-electron chi connectivity index (χ2n) is 6.52. The van der Waals surface area contributed by atoms with Gasteiger partial charge in [-0.2, -0.15) is 0 Å². The van der Waals surface area contributed by atoms with Gasteiger partial charge in [-0.15, -0.1) is 0 Å². The molecule has 7 heteroatoms. The number of rotatable bonds is 8. The van der Waals surface area contributed by atoms with Crippen LogP contribution in [0.1, 0.15) is 15.9 Å². The Balaban J connectivity index is 1.45. The van der Waals surface area contributed by atoms with Crippen LogP contribution in [-0.4, -0.2) is 25.5 Å². The lowest BCUT2D eigenvalue weighted by Crippen LogP contribution is -2.29. The van der Waals surface area contributed by atoms with E-state index in [0.29, 0.717) is 22.8 Å². The minimum absolute atomic E-state index is 0.130. The van der Waals surface area contributed by atoms with Gasteiger partial charge in [0.05, 0.1) is 13.7 Å². The largest absolute Gasteiger partial charge is 0.497 e. The number of halogens is 1. The molecule has 3 aromatic carbocycles. The highest BCUT2D eigenvalue weighted by molar-refractivity contribution is 6.30. The molecule has 0 spiro atoms. The zero-order valence-corrected chi connectivity index (χ0v) is 17.2. The molecule has 3 aromatic rings. The SMILES string of the molecule is COc1ccc(NC(=O)c2ccc(NCC(=O)NCc3ccc(Cl)cc3)cc2)cc1. The number of nitrogens with one attached hydrogen (secondary N) is 3. The third kappa shape index (κ3) is 6.25. The first-order valence-electron chi connectivity index (χ1n) is 9.34. The predicted octanol–water partition coefficient (Wildman–Crippen LogP) is 4.33. The van der Waals surface area contributed by atoms with Crippen molar-refractivity contribution in [2.24, 2.45) is 0 Å². The van der Waals surface area contributed by atoms with Crippen LogP contribution in [0.5, 0.6) is 5.75 Å². The molecule has 30 heavy (non-hydrogen) atoms. The van der Waals surface area contributed by atoms with Gasteiger partial charge in [0.25, 0.3) is 5.91 Å². The Bertz CT molecular complexity index is 988. The van der Waals surface area contributed by atoms with Crippen LogP contribution in [0.25, 0.3) is 0 Å². The van der Waals surface area contributed by atoms with Crippen molar-refractivity contribution < 1.29 is 14.3 Å². The van der Waals surface area contributed by atoms with Gasteiger partial charge in [0.1, 0.15) is 5.75 Å². The Labute approximate surface area is 180 Å². The van der Waals surface area contributed by atoms with Gasteiger partial charge in [-0.1, -0.05) is 23.7 Å². The summed E-state index contributed by atoms with van der Waals surface area (Å²) in [4.78, 5) is 24.4. The van der Waals surface area contributed by atoms with E-state index in [1.54, 1.807) is 67.8 Å². The third-order valence-electron chi connectivity index (χ3n) is 4.35. The molecular formula is C23H22ClN3O3. The molecule has 0 aliphatic carbocycles. The lowest BCUT2D eigenvalue weighted by atomic mass is 10.2. The highest BCUT2D eigenvalue weighted by Crippen LogP contribution is 2.17. The van der Waals surface area contributed by atoms with Crippen molar-refractivity contribution in [2.75, 3.05) is 24.3 Å². The van der Waals surface area contributed by atoms with Crippen LogP contribution in [0.3, 0.4) is 0 Å². The Kier molecular flexibility index (Phi) is 7.29. The van der Waals surface area contributed by atoms with Crippen molar-refractivity contribution in [3.63, 3.8) is 0 Å². The standard InChI is InChI=1S/C23H22ClN3O3/c1-30-21-12-10-20(11-13-21)27-23(29)17-4-8-19(9-5-17)25-15-22(28)26-14-16-2-6-18(24)7-3-16/h2-13,25H,14-15H2,1H3,(H,26,28)(H,27,29). The molecule has 0 saturated heterocycles. The summed E-state index contributed by atoms with van der Waals surface area (Å²) in [5.74, 6) is 0.374. The highest BCUT2D eigenvalue weighted by atomic mass is 35.5. The number of anilines is 2. The zero-order chi connectivity index (χ0) is 21.3. The monoisotopic (exact) mass is 423 g/mol. The molecule has 0 heterocycles. The number of methoxy groups -OCH3 is 1. The van der Waals surface area contributed by atoms with E-state index in [1.807, 2.05) is 12.1 Å². The Morgan fingerprint density at radius 3 is 2.13 bits per heavy atom. The van der Waals surface area contributed by atoms with Crippen LogP contribution in [-0.2, 0) is 11.3 Å². The number of hydrogen-bond donors (Lipinski definition) is 3. The van der Waals surface area contributed by atoms with Gasteiger partial charge >= 0.3 is 0 Å². The molecule has 0 saturated carbocycles. The van der Waals surface area contributed by atoms with Crippen LogP contribution in [0.4, 0.5) is 11.4 Å². The van der Waals surface area contributed by atoms with Gasteiger partial charge in [0.15, 0.2) is 0 Å². The van der Waals surface area contributed by atoms with Crippen LogP contribution in [0, 0.1) is 0 Å². The first-order chi connectivity index (χ1) is 14.5. The molecule has 0 bridgehead atoms. The molecule has 0 aromatic heterocycles. The smallest absolute Gasteiger partial charge is 0.255 e. The summed E-state index contributed by atoms with van der Waals surface area (Å²) in [6.07, 6.45) is 0. The summed E-state index contributed by atoms with van der Waals surface area (Å²) in [7, 11) is 1.59. The van der Waals surface area contributed by atoms with E-state index in [2.05, 4.69) is 16.0 Å². The summed E-state index contributed by atoms with van der Waals surface area (Å²) < 4.78 is 5.10. The van der Waals surface area contributed by atoms with Crippen molar-refractivity contribution in [1.29, 1.82) is 0 Å². The van der Waals surface area contributed by atoms with Crippen molar-refractivity contribution in [3.05, 3.63) is 88.9 Å². The maximum atomic E-state index is 12.4. The van der Waals surface area contributed by atoms with E-state index in [1.165, 1.54) is 0 Å². The van der Waals surface area contributed by atoms with Crippen LogP contribution < -0.4 is 20.7 Å². The number of hydrogen-bond acceptors (Lipinski definition) is 4. The summed E-state index contributed by atoms with van der Waals surface area (Å²) in [6, 6.07) is 21.3. The molecule has 154 valence electrons. The van der Waals surface area contributed by atoms with Crippen molar-refractivity contribution in [1.82, 2.24) is 5.32 Å². The number of amides is 2. The minimum Gasteiger partial charge on any atom is -0.497 e. The molecule has 0 aliphatic heterocycles. The minimum atomic E-state index is -0.215. The van der Waals surface area contributed by atoms with Gasteiger partial charge in [0.2, 0.25) is 5.91 Å². The zero-order valence-electron chi connectivity index (χ0n) is 16.4. The topological polar surface area (TPSA) is 79.5 Å². The summed E-state index contributed by atoms with van der Waals surface area (Å²) in [6.45, 7) is 0.563. The number of carbonyl (C=O) groups is 2.